The summed E-state index contributed by atoms with van der Waals surface area (Å²) in [5.74, 6) is 1.31. The molecule has 2 rings (SSSR count). The van der Waals surface area contributed by atoms with Crippen LogP contribution >= 0.6 is 11.6 Å². The molecule has 98 valence electrons. The number of rotatable bonds is 5. The molecule has 1 atom stereocenters. The van der Waals surface area contributed by atoms with E-state index in [0.717, 1.165) is 0 Å². The monoisotopic (exact) mass is 271 g/mol. The fourth-order valence-electron chi connectivity index (χ4n) is 1.63. The van der Waals surface area contributed by atoms with Gasteiger partial charge in [-0.25, -0.2) is 0 Å². The summed E-state index contributed by atoms with van der Waals surface area (Å²) in [6, 6.07) is 4.83. The number of hydrogen-bond donors (Lipinski definition) is 1. The number of alkyl halides is 1. The Morgan fingerprint density at radius 3 is 3.00 bits per heavy atom. The van der Waals surface area contributed by atoms with Gasteiger partial charge in [0.25, 0.3) is 5.91 Å². The zero-order valence-corrected chi connectivity index (χ0v) is 10.7. The number of amides is 1. The van der Waals surface area contributed by atoms with Gasteiger partial charge in [0.05, 0.1) is 12.6 Å². The van der Waals surface area contributed by atoms with Crippen LogP contribution in [0, 0.1) is 0 Å². The second-order valence-corrected chi connectivity index (χ2v) is 4.16. The molecule has 1 aromatic carbocycles. The van der Waals surface area contributed by atoms with Gasteiger partial charge in [0.2, 0.25) is 6.79 Å². The van der Waals surface area contributed by atoms with Gasteiger partial charge in [0.1, 0.15) is 0 Å². The minimum Gasteiger partial charge on any atom is -0.454 e. The quantitative estimate of drug-likeness (QED) is 0.823. The molecular weight excluding hydrogens is 258 g/mol. The molecule has 0 bridgehead atoms. The molecule has 0 spiro atoms. The molecule has 1 amide bonds. The van der Waals surface area contributed by atoms with Crippen LogP contribution in [0.1, 0.15) is 10.4 Å². The van der Waals surface area contributed by atoms with E-state index in [1.165, 1.54) is 0 Å². The molecule has 0 aliphatic carbocycles. The highest BCUT2D eigenvalue weighted by Crippen LogP contribution is 2.32. The predicted molar refractivity (Wildman–Crippen MR) is 66.4 cm³/mol. The number of benzene rings is 1. The molecule has 18 heavy (non-hydrogen) atoms. The van der Waals surface area contributed by atoms with Crippen molar-refractivity contribution in [2.75, 3.05) is 26.4 Å². The first-order valence-corrected chi connectivity index (χ1v) is 6.03. The third-order valence-corrected chi connectivity index (χ3v) is 2.90. The largest absolute Gasteiger partial charge is 0.454 e. The topological polar surface area (TPSA) is 56.8 Å². The summed E-state index contributed by atoms with van der Waals surface area (Å²) in [7, 11) is 1.56. The summed E-state index contributed by atoms with van der Waals surface area (Å²) in [5.41, 5.74) is 0.505. The van der Waals surface area contributed by atoms with Gasteiger partial charge in [-0.2, -0.15) is 0 Å². The first-order chi connectivity index (χ1) is 8.74. The van der Waals surface area contributed by atoms with Crippen LogP contribution in [0.5, 0.6) is 11.5 Å². The average molecular weight is 272 g/mol. The van der Waals surface area contributed by atoms with Crippen molar-refractivity contribution in [1.29, 1.82) is 0 Å². The molecule has 5 nitrogen and oxygen atoms in total. The van der Waals surface area contributed by atoms with Gasteiger partial charge in [-0.15, -0.1) is 11.6 Å². The Morgan fingerprint density at radius 1 is 1.50 bits per heavy atom. The van der Waals surface area contributed by atoms with Gasteiger partial charge in [-0.05, 0) is 18.2 Å². The molecule has 1 heterocycles. The molecule has 1 aliphatic heterocycles. The molecule has 0 fully saturated rings. The van der Waals surface area contributed by atoms with E-state index in [2.05, 4.69) is 5.32 Å². The number of fused-ring (bicyclic) bond motifs is 1. The fourth-order valence-corrected chi connectivity index (χ4v) is 1.80. The third kappa shape index (κ3) is 2.86. The molecule has 0 radical (unpaired) electrons. The van der Waals surface area contributed by atoms with E-state index in [4.69, 9.17) is 25.8 Å². The van der Waals surface area contributed by atoms with Crippen molar-refractivity contribution in [3.05, 3.63) is 23.8 Å². The van der Waals surface area contributed by atoms with Crippen LogP contribution in [0.3, 0.4) is 0 Å². The third-order valence-electron chi connectivity index (χ3n) is 2.52. The summed E-state index contributed by atoms with van der Waals surface area (Å²) < 4.78 is 15.4. The highest BCUT2D eigenvalue weighted by molar-refractivity contribution is 6.18. The Morgan fingerprint density at radius 2 is 2.28 bits per heavy atom. The van der Waals surface area contributed by atoms with E-state index in [9.17, 15) is 4.79 Å². The van der Waals surface area contributed by atoms with Crippen molar-refractivity contribution in [1.82, 2.24) is 5.32 Å². The van der Waals surface area contributed by atoms with E-state index in [0.29, 0.717) is 29.5 Å². The van der Waals surface area contributed by atoms with Crippen LogP contribution in [0.15, 0.2) is 18.2 Å². The van der Waals surface area contributed by atoms with Gasteiger partial charge in [-0.3, -0.25) is 4.79 Å². The number of hydrogen-bond acceptors (Lipinski definition) is 4. The summed E-state index contributed by atoms with van der Waals surface area (Å²) >= 11 is 5.73. The van der Waals surface area contributed by atoms with Crippen molar-refractivity contribution < 1.29 is 19.0 Å². The van der Waals surface area contributed by atoms with Crippen molar-refractivity contribution in [2.45, 2.75) is 6.04 Å². The minimum atomic E-state index is -0.213. The first-order valence-electron chi connectivity index (χ1n) is 5.50. The summed E-state index contributed by atoms with van der Waals surface area (Å²) in [4.78, 5) is 12.0. The standard InChI is InChI=1S/C12H14ClNO4/c1-16-6-9(5-13)14-12(15)8-2-3-10-11(4-8)18-7-17-10/h2-4,9H,5-7H2,1H3,(H,14,15). The van der Waals surface area contributed by atoms with Crippen LogP contribution in [0.2, 0.25) is 0 Å². The van der Waals surface area contributed by atoms with Crippen molar-refractivity contribution in [3.8, 4) is 11.5 Å². The molecule has 0 saturated carbocycles. The summed E-state index contributed by atoms with van der Waals surface area (Å²) in [6.45, 7) is 0.564. The number of carbonyl (C=O) groups excluding carboxylic acids is 1. The van der Waals surface area contributed by atoms with Crippen molar-refractivity contribution in [3.63, 3.8) is 0 Å². The Bertz CT molecular complexity index is 438. The summed E-state index contributed by atoms with van der Waals surface area (Å²) in [6.07, 6.45) is 0. The van der Waals surface area contributed by atoms with Gasteiger partial charge in [0, 0.05) is 18.6 Å². The van der Waals surface area contributed by atoms with Crippen molar-refractivity contribution in [2.24, 2.45) is 0 Å². The van der Waals surface area contributed by atoms with E-state index >= 15 is 0 Å². The Hall–Kier alpha value is -1.46. The fraction of sp³-hybridized carbons (Fsp3) is 0.417. The summed E-state index contributed by atoms with van der Waals surface area (Å²) in [5, 5.41) is 2.78. The maximum Gasteiger partial charge on any atom is 0.251 e. The molecular formula is C12H14ClNO4. The molecule has 6 heteroatoms. The second-order valence-electron chi connectivity index (χ2n) is 3.85. The maximum absolute atomic E-state index is 12.0. The van der Waals surface area contributed by atoms with Gasteiger partial charge >= 0.3 is 0 Å². The van der Waals surface area contributed by atoms with E-state index in [1.807, 2.05) is 0 Å². The Kier molecular flexibility index (Phi) is 4.28. The average Bonchev–Trinajstić information content (AvgIpc) is 2.85. The number of halogens is 1. The highest BCUT2D eigenvalue weighted by atomic mass is 35.5. The predicted octanol–water partition coefficient (Wildman–Crippen LogP) is 1.40. The smallest absolute Gasteiger partial charge is 0.251 e. The lowest BCUT2D eigenvalue weighted by molar-refractivity contribution is 0.0906. The lowest BCUT2D eigenvalue weighted by Gasteiger charge is -2.15. The van der Waals surface area contributed by atoms with E-state index in [-0.39, 0.29) is 18.7 Å². The number of ether oxygens (including phenoxy) is 3. The second kappa shape index (κ2) is 5.93. The molecule has 1 N–H and O–H groups in total. The van der Waals surface area contributed by atoms with Crippen LogP contribution in [0.25, 0.3) is 0 Å². The van der Waals surface area contributed by atoms with E-state index < -0.39 is 0 Å². The van der Waals surface area contributed by atoms with Crippen LogP contribution < -0.4 is 14.8 Å². The van der Waals surface area contributed by atoms with Gasteiger partial charge in [-0.1, -0.05) is 0 Å². The molecule has 0 saturated heterocycles. The SMILES string of the molecule is COCC(CCl)NC(=O)c1ccc2c(c1)OCO2. The zero-order chi connectivity index (χ0) is 13.0. The number of carbonyl (C=O) groups is 1. The normalized spacial score (nSPS) is 14.3. The van der Waals surface area contributed by atoms with Crippen molar-refractivity contribution >= 4 is 17.5 Å². The number of nitrogens with one attached hydrogen (secondary N) is 1. The first kappa shape index (κ1) is 13.0. The number of methoxy groups -OCH3 is 1. The van der Waals surface area contributed by atoms with Crippen LogP contribution in [-0.2, 0) is 4.74 Å². The lowest BCUT2D eigenvalue weighted by atomic mass is 10.2. The van der Waals surface area contributed by atoms with Crippen LogP contribution in [0.4, 0.5) is 0 Å². The molecule has 1 aliphatic rings. The van der Waals surface area contributed by atoms with E-state index in [1.54, 1.807) is 25.3 Å². The zero-order valence-electron chi connectivity index (χ0n) is 9.94. The lowest BCUT2D eigenvalue weighted by Crippen LogP contribution is -2.39. The maximum atomic E-state index is 12.0. The highest BCUT2D eigenvalue weighted by Gasteiger charge is 2.18. The van der Waals surface area contributed by atoms with Gasteiger partial charge < -0.3 is 19.5 Å². The Balaban J connectivity index is 2.04. The molecule has 1 aromatic rings. The van der Waals surface area contributed by atoms with Crippen LogP contribution in [-0.4, -0.2) is 38.3 Å². The Labute approximate surface area is 110 Å². The molecule has 0 aromatic heterocycles. The molecule has 1 unspecified atom stereocenters. The van der Waals surface area contributed by atoms with Gasteiger partial charge in [0.15, 0.2) is 11.5 Å². The minimum absolute atomic E-state index is 0.189.